The molecule has 8 unspecified atom stereocenters. The van der Waals surface area contributed by atoms with Gasteiger partial charge in [0.15, 0.2) is 46.4 Å². The number of esters is 13. The highest BCUT2D eigenvalue weighted by Gasteiger charge is 2.72. The molecule has 5 rings (SSSR count). The van der Waals surface area contributed by atoms with Crippen LogP contribution in [0.4, 0.5) is 0 Å². The third kappa shape index (κ3) is 29.6. The maximum absolute atomic E-state index is 16.3. The predicted octanol–water partition coefficient (Wildman–Crippen LogP) is -4.16. The Labute approximate surface area is 813 Å². The number of carbonyl (C=O) groups is 29. The predicted molar refractivity (Wildman–Crippen MR) is 469 cm³/mol. The molecule has 0 spiro atoms. The van der Waals surface area contributed by atoms with Crippen LogP contribution < -0.4 is 0 Å². The number of Topliss-reactive ketones (excluding diaryl/α,β-unsaturated/α-hetero) is 12. The topological polar surface area (TPSA) is 658 Å². The second-order valence-corrected chi connectivity index (χ2v) is 35.9. The first-order chi connectivity index (χ1) is 65.8. The van der Waals surface area contributed by atoms with Gasteiger partial charge in [-0.1, -0.05) is 30.3 Å². The lowest BCUT2D eigenvalue weighted by Crippen LogP contribution is -2.74. The van der Waals surface area contributed by atoms with E-state index in [1.807, 2.05) is 0 Å². The fourth-order valence-corrected chi connectivity index (χ4v) is 18.2. The molecular formula is C92H119N7O43. The zero-order valence-corrected chi connectivity index (χ0v) is 82.3. The van der Waals surface area contributed by atoms with Gasteiger partial charge in [0.05, 0.1) is 43.6 Å². The zero-order chi connectivity index (χ0) is 108. The minimum Gasteiger partial charge on any atom is -0.465 e. The number of ether oxygens (including phenoxy) is 13. The number of likely N-dealkylation sites (tertiary alicyclic amines) is 4. The van der Waals surface area contributed by atoms with Crippen LogP contribution in [0.15, 0.2) is 30.3 Å². The van der Waals surface area contributed by atoms with Gasteiger partial charge in [0.25, 0.3) is 0 Å². The van der Waals surface area contributed by atoms with E-state index in [0.717, 1.165) is 112 Å². The number of rotatable bonds is 50. The van der Waals surface area contributed by atoms with Crippen LogP contribution in [0.5, 0.6) is 0 Å². The summed E-state index contributed by atoms with van der Waals surface area (Å²) in [6.45, 7) is -13.8. The van der Waals surface area contributed by atoms with Gasteiger partial charge in [-0.15, -0.1) is 0 Å². The SMILES string of the molecule is CC(=O)OCC1(COC(C)=O)CN(C(=O)CN(CCN(CCN(CC(=O)N2CC(COC(C)=O)(COC(C)=O)C(OC(C)=O)C(COC(C)=O)(C(=O)C(C)=O)C2)CC(=O)N2CC(COC(C)=O)(C(=O)C(C)=O)C(OC(C)=O)C(COC(C)=O)(C(=O)C(C)=O)C2)Cc2ccccc2)CC(=O)N2CC(COC(C)=O)(C(=O)C(C)=O)C(OC(C)=O)C(COC(C)=O)(C(=O)C(C)=O)C2)CC(O)(C(=O)C(C)=O)C1OC(C)=O. The van der Waals surface area contributed by atoms with Crippen LogP contribution in [0.25, 0.3) is 0 Å². The molecule has 1 aromatic rings. The summed E-state index contributed by atoms with van der Waals surface area (Å²) in [6, 6.07) is 7.76. The lowest BCUT2D eigenvalue weighted by molar-refractivity contribution is -0.225. The van der Waals surface area contributed by atoms with Crippen LogP contribution in [-0.2, 0) is 207 Å². The molecule has 0 aromatic heterocycles. The van der Waals surface area contributed by atoms with E-state index in [1.165, 1.54) is 4.90 Å². The van der Waals surface area contributed by atoms with E-state index in [-0.39, 0.29) is 6.54 Å². The highest BCUT2D eigenvalue weighted by Crippen LogP contribution is 2.51. The number of amides is 4. The Hall–Kier alpha value is -13.9. The van der Waals surface area contributed by atoms with Crippen molar-refractivity contribution in [3.8, 4) is 0 Å². The molecule has 1 aromatic carbocycles. The summed E-state index contributed by atoms with van der Waals surface area (Å²) < 4.78 is 71.8. The quantitative estimate of drug-likeness (QED) is 0.0367. The van der Waals surface area contributed by atoms with Crippen molar-refractivity contribution in [1.29, 1.82) is 0 Å². The van der Waals surface area contributed by atoms with E-state index in [0.29, 0.717) is 54.9 Å². The lowest BCUT2D eigenvalue weighted by atomic mass is 9.60. The highest BCUT2D eigenvalue weighted by molar-refractivity contribution is 6.42. The first kappa shape index (κ1) is 119. The van der Waals surface area contributed by atoms with Crippen molar-refractivity contribution in [2.24, 2.45) is 37.9 Å². The summed E-state index contributed by atoms with van der Waals surface area (Å²) >= 11 is 0. The number of aliphatic hydroxyl groups is 1. The Morgan fingerprint density at radius 2 is 0.458 bits per heavy atom. The van der Waals surface area contributed by atoms with Gasteiger partial charge < -0.3 is 86.3 Å². The number of hydrogen-bond acceptors (Lipinski definition) is 46. The molecule has 50 heteroatoms. The zero-order valence-electron chi connectivity index (χ0n) is 82.3. The third-order valence-corrected chi connectivity index (χ3v) is 24.0. The van der Waals surface area contributed by atoms with E-state index in [9.17, 15) is 101 Å². The number of ketones is 12. The van der Waals surface area contributed by atoms with E-state index < -0.39 is 403 Å². The summed E-state index contributed by atoms with van der Waals surface area (Å²) in [7, 11) is 0. The lowest BCUT2D eigenvalue weighted by Gasteiger charge is -2.54. The van der Waals surface area contributed by atoms with Gasteiger partial charge in [0.1, 0.15) is 105 Å². The first-order valence-electron chi connectivity index (χ1n) is 44.1. The molecule has 8 atom stereocenters. The third-order valence-electron chi connectivity index (χ3n) is 24.0. The minimum atomic E-state index is -3.41. The van der Waals surface area contributed by atoms with Crippen molar-refractivity contribution in [2.45, 2.75) is 168 Å². The summed E-state index contributed by atoms with van der Waals surface area (Å²) in [6.07, 6.45) is -9.52. The van der Waals surface area contributed by atoms with Crippen molar-refractivity contribution in [3.05, 3.63) is 35.9 Å². The van der Waals surface area contributed by atoms with Gasteiger partial charge in [-0.05, 0) is 5.56 Å². The molecule has 4 fully saturated rings. The van der Waals surface area contributed by atoms with Gasteiger partial charge in [0, 0.05) is 210 Å². The maximum Gasteiger partial charge on any atom is 0.303 e. The first-order valence-corrected chi connectivity index (χ1v) is 44.1. The molecule has 1 N–H and O–H groups in total. The molecule has 0 bridgehead atoms. The van der Waals surface area contributed by atoms with Crippen LogP contribution in [0.2, 0.25) is 0 Å². The fourth-order valence-electron chi connectivity index (χ4n) is 18.2. The number of nitrogens with zero attached hydrogens (tertiary/aromatic N) is 7. The number of hydrogen-bond donors (Lipinski definition) is 1. The summed E-state index contributed by atoms with van der Waals surface area (Å²) in [5.74, 6) is -39.4. The Balaban J connectivity index is 2.01. The van der Waals surface area contributed by atoms with Crippen molar-refractivity contribution in [1.82, 2.24) is 34.3 Å². The van der Waals surface area contributed by atoms with Crippen LogP contribution in [-0.4, -0.2) is 404 Å². The molecule has 4 aliphatic heterocycles. The van der Waals surface area contributed by atoms with Gasteiger partial charge in [-0.3, -0.25) is 154 Å². The van der Waals surface area contributed by atoms with Gasteiger partial charge in [-0.25, -0.2) is 0 Å². The van der Waals surface area contributed by atoms with Crippen LogP contribution in [0.1, 0.15) is 137 Å². The van der Waals surface area contributed by atoms with Crippen LogP contribution in [0.3, 0.4) is 0 Å². The van der Waals surface area contributed by atoms with Crippen molar-refractivity contribution < 1.29 is 206 Å². The maximum atomic E-state index is 16.3. The Kier molecular flexibility index (Phi) is 41.7. The summed E-state index contributed by atoms with van der Waals surface area (Å²) in [5, 5.41) is 12.9. The highest BCUT2D eigenvalue weighted by atomic mass is 16.6. The number of benzene rings is 1. The molecule has 0 aliphatic carbocycles. The molecule has 0 saturated carbocycles. The monoisotopic (exact) mass is 2010 g/mol. The minimum absolute atomic E-state index is 0.349. The molecule has 4 amide bonds. The fraction of sp³-hybridized carbons (Fsp3) is 0.620. The van der Waals surface area contributed by atoms with Gasteiger partial charge >= 0.3 is 77.6 Å². The Bertz CT molecular complexity index is 5050. The van der Waals surface area contributed by atoms with Crippen molar-refractivity contribution in [3.63, 3.8) is 0 Å². The summed E-state index contributed by atoms with van der Waals surface area (Å²) in [5.41, 5.74) is -22.7. The second-order valence-electron chi connectivity index (χ2n) is 35.9. The average molecular weight is 2010 g/mol. The normalized spacial score (nSPS) is 22.6. The number of β-amino-alcohol motifs (C(OH)–C–C–N with tert-alkyl or cyclic N) is 1. The smallest absolute Gasteiger partial charge is 0.303 e. The largest absolute Gasteiger partial charge is 0.465 e. The molecule has 0 radical (unpaired) electrons. The van der Waals surface area contributed by atoms with Gasteiger partial charge in [-0.2, -0.15) is 0 Å². The van der Waals surface area contributed by atoms with Crippen molar-refractivity contribution in [2.75, 3.05) is 164 Å². The second kappa shape index (κ2) is 50.0. The van der Waals surface area contributed by atoms with Gasteiger partial charge in [0.2, 0.25) is 58.3 Å². The van der Waals surface area contributed by atoms with E-state index in [2.05, 4.69) is 0 Å². The van der Waals surface area contributed by atoms with E-state index >= 15 is 43.2 Å². The molecule has 4 heterocycles. The molecule has 50 nitrogen and oxygen atoms in total. The summed E-state index contributed by atoms with van der Waals surface area (Å²) in [4.78, 5) is 414. The Morgan fingerprint density at radius 1 is 0.254 bits per heavy atom. The average Bonchev–Trinajstić information content (AvgIpc) is 0.713. The molecule has 780 valence electrons. The number of carbonyl (C=O) groups excluding carboxylic acids is 29. The standard InChI is InChI=1S/C92H119N7O43/c1-51(100)75(123)87(46-134-61(11)110)36-96(34-85(42-130-57(7)106,43-131-58(8)107)81(87)139-66(16)115)71(119)30-94(32-73(121)98-37-88(47-135-62(12)111,76(124)52(2)101)83(141-68(18)117)89(38-98,48-136-63(13)112)77(125)53(3)102)27-25-93(29-70-23-21-20-22-24-70)26-28-95(31-72(120)97-35-86(44-132-59(9)108,45-133-60(10)109)82(140-67(17)116)92(129,41-97)80(128)56(6)105)33-74(122)99-39-90(49-137-64(14)113,78(126)54(4)103)84(142-69(19)118)91(40-99,50-138-65(15)114)79(127)55(5)104/h20-24,81-84,129H,25-50H2,1-19H3. The molecule has 4 saturated heterocycles. The van der Waals surface area contributed by atoms with Crippen molar-refractivity contribution >= 4 is 171 Å². The van der Waals surface area contributed by atoms with Crippen LogP contribution in [0, 0.1) is 37.9 Å². The molecule has 142 heavy (non-hydrogen) atoms. The van der Waals surface area contributed by atoms with E-state index in [1.54, 1.807) is 30.3 Å². The molecule has 4 aliphatic rings. The van der Waals surface area contributed by atoms with E-state index in [4.69, 9.17) is 61.6 Å². The molecular weight excluding hydrogens is 1890 g/mol. The van der Waals surface area contributed by atoms with Crippen LogP contribution >= 0.6 is 0 Å². The number of piperidine rings is 4. The Morgan fingerprint density at radius 3 is 0.697 bits per heavy atom.